The molecule has 1 aromatic carbocycles. The van der Waals surface area contributed by atoms with Gasteiger partial charge in [-0.2, -0.15) is 0 Å². The monoisotopic (exact) mass is 353 g/mol. The third kappa shape index (κ3) is 4.73. The van der Waals surface area contributed by atoms with E-state index in [4.69, 9.17) is 0 Å². The summed E-state index contributed by atoms with van der Waals surface area (Å²) >= 11 is 0. The van der Waals surface area contributed by atoms with Crippen LogP contribution in [0.15, 0.2) is 48.7 Å². The summed E-state index contributed by atoms with van der Waals surface area (Å²) in [5, 5.41) is 5.94. The number of nitrogens with one attached hydrogen (secondary N) is 2. The fraction of sp³-hybridized carbons (Fsp3) is 0.400. The number of nitrogens with zero attached hydrogens (tertiary/aromatic N) is 3. The van der Waals surface area contributed by atoms with Gasteiger partial charge in [0, 0.05) is 44.5 Å². The van der Waals surface area contributed by atoms with Crippen LogP contribution in [0.25, 0.3) is 0 Å². The van der Waals surface area contributed by atoms with Gasteiger partial charge in [0.05, 0.1) is 6.04 Å². The van der Waals surface area contributed by atoms with E-state index in [1.54, 1.807) is 0 Å². The maximum absolute atomic E-state index is 12.3. The number of benzene rings is 1. The standard InChI is InChI=1S/C20H27N5O/c1-16(17-7-4-3-5-8-17)23-20(26)22-15-18-9-6-10-21-19(18)25-13-11-24(2)12-14-25/h3-10,16H,11-15H2,1-2H3,(H2,22,23,26)/t16-/m0/s1. The maximum atomic E-state index is 12.3. The number of carbonyl (C=O) groups is 1. The lowest BCUT2D eigenvalue weighted by Crippen LogP contribution is -2.45. The average Bonchev–Trinajstić information content (AvgIpc) is 2.68. The molecule has 0 bridgehead atoms. The average molecular weight is 353 g/mol. The Morgan fingerprint density at radius 3 is 2.58 bits per heavy atom. The minimum atomic E-state index is -0.172. The molecule has 1 saturated heterocycles. The molecule has 2 heterocycles. The molecule has 0 radical (unpaired) electrons. The molecule has 26 heavy (non-hydrogen) atoms. The Kier molecular flexibility index (Phi) is 6.07. The van der Waals surface area contributed by atoms with Gasteiger partial charge in [-0.05, 0) is 25.6 Å². The summed E-state index contributed by atoms with van der Waals surface area (Å²) in [6, 6.07) is 13.7. The van der Waals surface area contributed by atoms with E-state index in [1.807, 2.05) is 55.6 Å². The molecule has 2 amide bonds. The number of rotatable bonds is 5. The molecule has 6 nitrogen and oxygen atoms in total. The van der Waals surface area contributed by atoms with Crippen molar-refractivity contribution in [3.63, 3.8) is 0 Å². The molecule has 0 aliphatic carbocycles. The molecule has 2 aromatic rings. The maximum Gasteiger partial charge on any atom is 0.315 e. The molecule has 138 valence electrons. The second-order valence-corrected chi connectivity index (χ2v) is 6.74. The van der Waals surface area contributed by atoms with E-state index >= 15 is 0 Å². The molecule has 1 fully saturated rings. The number of anilines is 1. The Labute approximate surface area is 155 Å². The van der Waals surface area contributed by atoms with Gasteiger partial charge in [-0.25, -0.2) is 9.78 Å². The van der Waals surface area contributed by atoms with Crippen molar-refractivity contribution in [1.82, 2.24) is 20.5 Å². The molecule has 1 aromatic heterocycles. The summed E-state index contributed by atoms with van der Waals surface area (Å²) in [6.07, 6.45) is 1.81. The third-order valence-corrected chi connectivity index (χ3v) is 4.76. The fourth-order valence-electron chi connectivity index (χ4n) is 3.12. The number of likely N-dealkylation sites (N-methyl/N-ethyl adjacent to an activating group) is 1. The van der Waals surface area contributed by atoms with Crippen LogP contribution in [0.3, 0.4) is 0 Å². The van der Waals surface area contributed by atoms with Crippen LogP contribution in [0.4, 0.5) is 10.6 Å². The largest absolute Gasteiger partial charge is 0.354 e. The minimum Gasteiger partial charge on any atom is -0.354 e. The summed E-state index contributed by atoms with van der Waals surface area (Å²) in [5.41, 5.74) is 2.13. The Morgan fingerprint density at radius 2 is 1.85 bits per heavy atom. The van der Waals surface area contributed by atoms with Crippen LogP contribution in [-0.4, -0.2) is 49.1 Å². The summed E-state index contributed by atoms with van der Waals surface area (Å²) in [5.74, 6) is 0.969. The van der Waals surface area contributed by atoms with Gasteiger partial charge in [0.1, 0.15) is 5.82 Å². The van der Waals surface area contributed by atoms with Gasteiger partial charge >= 0.3 is 6.03 Å². The van der Waals surface area contributed by atoms with Crippen LogP contribution in [0.1, 0.15) is 24.1 Å². The van der Waals surface area contributed by atoms with Crippen molar-refractivity contribution in [3.8, 4) is 0 Å². The number of urea groups is 1. The van der Waals surface area contributed by atoms with Crippen LogP contribution in [0, 0.1) is 0 Å². The molecule has 1 aliphatic heterocycles. The lowest BCUT2D eigenvalue weighted by atomic mass is 10.1. The number of aromatic nitrogens is 1. The second kappa shape index (κ2) is 8.67. The number of hydrogen-bond acceptors (Lipinski definition) is 4. The van der Waals surface area contributed by atoms with Crippen molar-refractivity contribution in [3.05, 3.63) is 59.8 Å². The van der Waals surface area contributed by atoms with Gasteiger partial charge in [-0.15, -0.1) is 0 Å². The lowest BCUT2D eigenvalue weighted by Gasteiger charge is -2.34. The quantitative estimate of drug-likeness (QED) is 0.867. The van der Waals surface area contributed by atoms with Crippen LogP contribution in [0.2, 0.25) is 0 Å². The smallest absolute Gasteiger partial charge is 0.315 e. The van der Waals surface area contributed by atoms with Crippen LogP contribution in [-0.2, 0) is 6.54 Å². The summed E-state index contributed by atoms with van der Waals surface area (Å²) < 4.78 is 0. The van der Waals surface area contributed by atoms with Crippen LogP contribution in [0.5, 0.6) is 0 Å². The van der Waals surface area contributed by atoms with E-state index in [0.29, 0.717) is 6.54 Å². The molecule has 6 heteroatoms. The Hall–Kier alpha value is -2.60. The van der Waals surface area contributed by atoms with Gasteiger partial charge in [-0.3, -0.25) is 0 Å². The number of piperazine rings is 1. The van der Waals surface area contributed by atoms with E-state index < -0.39 is 0 Å². The highest BCUT2D eigenvalue weighted by molar-refractivity contribution is 5.74. The first kappa shape index (κ1) is 18.2. The van der Waals surface area contributed by atoms with Gasteiger partial charge < -0.3 is 20.4 Å². The highest BCUT2D eigenvalue weighted by Gasteiger charge is 2.18. The molecule has 1 aliphatic rings. The van der Waals surface area contributed by atoms with Crippen molar-refractivity contribution >= 4 is 11.8 Å². The van der Waals surface area contributed by atoms with Crippen molar-refractivity contribution in [2.24, 2.45) is 0 Å². The van der Waals surface area contributed by atoms with Crippen molar-refractivity contribution in [2.75, 3.05) is 38.1 Å². The van der Waals surface area contributed by atoms with Crippen LogP contribution >= 0.6 is 0 Å². The van der Waals surface area contributed by atoms with E-state index in [9.17, 15) is 4.79 Å². The predicted octanol–water partition coefficient (Wildman–Crippen LogP) is 2.39. The molecular formula is C20H27N5O. The zero-order valence-electron chi connectivity index (χ0n) is 15.5. The number of carbonyl (C=O) groups excluding carboxylic acids is 1. The highest BCUT2D eigenvalue weighted by atomic mass is 16.2. The van der Waals surface area contributed by atoms with Gasteiger partial charge in [0.2, 0.25) is 0 Å². The normalized spacial score (nSPS) is 16.2. The Bertz CT molecular complexity index is 713. The van der Waals surface area contributed by atoms with E-state index in [1.165, 1.54) is 0 Å². The van der Waals surface area contributed by atoms with Gasteiger partial charge in [0.15, 0.2) is 0 Å². The molecule has 0 spiro atoms. The molecular weight excluding hydrogens is 326 g/mol. The minimum absolute atomic E-state index is 0.0396. The first-order chi connectivity index (χ1) is 12.6. The Morgan fingerprint density at radius 1 is 1.12 bits per heavy atom. The summed E-state index contributed by atoms with van der Waals surface area (Å²) in [4.78, 5) is 21.4. The number of pyridine rings is 1. The fourth-order valence-corrected chi connectivity index (χ4v) is 3.12. The molecule has 0 saturated carbocycles. The summed E-state index contributed by atoms with van der Waals surface area (Å²) in [6.45, 7) is 6.41. The zero-order chi connectivity index (χ0) is 18.4. The zero-order valence-corrected chi connectivity index (χ0v) is 15.5. The predicted molar refractivity (Wildman–Crippen MR) is 104 cm³/mol. The Balaban J connectivity index is 1.57. The third-order valence-electron chi connectivity index (χ3n) is 4.76. The highest BCUT2D eigenvalue weighted by Crippen LogP contribution is 2.18. The van der Waals surface area contributed by atoms with Gasteiger partial charge in [0.25, 0.3) is 0 Å². The topological polar surface area (TPSA) is 60.5 Å². The van der Waals surface area contributed by atoms with E-state index in [0.717, 1.165) is 43.1 Å². The first-order valence-electron chi connectivity index (χ1n) is 9.10. The molecule has 1 atom stereocenters. The van der Waals surface area contributed by atoms with Crippen molar-refractivity contribution < 1.29 is 4.79 Å². The van der Waals surface area contributed by atoms with Crippen LogP contribution < -0.4 is 15.5 Å². The number of amides is 2. The second-order valence-electron chi connectivity index (χ2n) is 6.74. The lowest BCUT2D eigenvalue weighted by molar-refractivity contribution is 0.237. The molecule has 0 unspecified atom stereocenters. The molecule has 2 N–H and O–H groups in total. The van der Waals surface area contributed by atoms with E-state index in [2.05, 4.69) is 32.5 Å². The number of hydrogen-bond donors (Lipinski definition) is 2. The summed E-state index contributed by atoms with van der Waals surface area (Å²) in [7, 11) is 2.14. The molecule has 3 rings (SSSR count). The first-order valence-corrected chi connectivity index (χ1v) is 9.10. The van der Waals surface area contributed by atoms with E-state index in [-0.39, 0.29) is 12.1 Å². The van der Waals surface area contributed by atoms with Crippen molar-refractivity contribution in [2.45, 2.75) is 19.5 Å². The SMILES string of the molecule is C[C@H](NC(=O)NCc1cccnc1N1CCN(C)CC1)c1ccccc1. The van der Waals surface area contributed by atoms with Gasteiger partial charge in [-0.1, -0.05) is 36.4 Å². The van der Waals surface area contributed by atoms with Crippen molar-refractivity contribution in [1.29, 1.82) is 0 Å².